The van der Waals surface area contributed by atoms with E-state index in [1.165, 1.54) is 6.26 Å². The highest BCUT2D eigenvalue weighted by molar-refractivity contribution is 5.76. The first-order chi connectivity index (χ1) is 8.18. The third-order valence-electron chi connectivity index (χ3n) is 2.59. The van der Waals surface area contributed by atoms with Crippen molar-refractivity contribution in [2.75, 3.05) is 0 Å². The standard InChI is InChI=1S/C13H12O4/c14-12(15)7-3-4-9-8-17-11-6-2-1-5-10(11)13(9)16/h1-2,5-6,8H,3-4,7H2,(H,14,15). The average Bonchev–Trinajstić information content (AvgIpc) is 2.32. The Kier molecular flexibility index (Phi) is 3.23. The molecule has 4 nitrogen and oxygen atoms in total. The van der Waals surface area contributed by atoms with Crippen molar-refractivity contribution >= 4 is 16.9 Å². The van der Waals surface area contributed by atoms with Crippen molar-refractivity contribution in [2.24, 2.45) is 0 Å². The van der Waals surface area contributed by atoms with Crippen LogP contribution in [0, 0.1) is 0 Å². The molecule has 1 heterocycles. The number of para-hydroxylation sites is 1. The first kappa shape index (κ1) is 11.4. The van der Waals surface area contributed by atoms with Crippen LogP contribution in [0.25, 0.3) is 11.0 Å². The maximum absolute atomic E-state index is 12.0. The van der Waals surface area contributed by atoms with E-state index in [1.54, 1.807) is 24.3 Å². The van der Waals surface area contributed by atoms with Crippen molar-refractivity contribution in [2.45, 2.75) is 19.3 Å². The summed E-state index contributed by atoms with van der Waals surface area (Å²) in [4.78, 5) is 22.4. The molecule has 0 unspecified atom stereocenters. The molecule has 4 heteroatoms. The molecule has 0 atom stereocenters. The topological polar surface area (TPSA) is 67.5 Å². The molecule has 0 aliphatic heterocycles. The lowest BCUT2D eigenvalue weighted by Crippen LogP contribution is -2.09. The quantitative estimate of drug-likeness (QED) is 0.877. The Labute approximate surface area is 97.5 Å². The number of carbonyl (C=O) groups is 1. The normalized spacial score (nSPS) is 10.6. The van der Waals surface area contributed by atoms with Gasteiger partial charge < -0.3 is 9.52 Å². The highest BCUT2D eigenvalue weighted by Crippen LogP contribution is 2.11. The first-order valence-electron chi connectivity index (χ1n) is 5.39. The number of carboxylic acid groups (broad SMARTS) is 1. The van der Waals surface area contributed by atoms with Gasteiger partial charge in [-0.05, 0) is 25.0 Å². The smallest absolute Gasteiger partial charge is 0.303 e. The summed E-state index contributed by atoms with van der Waals surface area (Å²) in [5, 5.41) is 9.07. The summed E-state index contributed by atoms with van der Waals surface area (Å²) < 4.78 is 5.33. The van der Waals surface area contributed by atoms with Gasteiger partial charge in [0.1, 0.15) is 5.58 Å². The van der Waals surface area contributed by atoms with Gasteiger partial charge in [0.15, 0.2) is 5.43 Å². The van der Waals surface area contributed by atoms with Gasteiger partial charge in [-0.3, -0.25) is 9.59 Å². The molecular formula is C13H12O4. The van der Waals surface area contributed by atoms with E-state index in [0.29, 0.717) is 29.4 Å². The number of fused-ring (bicyclic) bond motifs is 1. The average molecular weight is 232 g/mol. The molecule has 17 heavy (non-hydrogen) atoms. The number of hydrogen-bond donors (Lipinski definition) is 1. The van der Waals surface area contributed by atoms with Crippen LogP contribution in [0.5, 0.6) is 0 Å². The maximum Gasteiger partial charge on any atom is 0.303 e. The van der Waals surface area contributed by atoms with Gasteiger partial charge in [0, 0.05) is 12.0 Å². The third kappa shape index (κ3) is 2.53. The predicted molar refractivity (Wildman–Crippen MR) is 63.1 cm³/mol. The van der Waals surface area contributed by atoms with Crippen molar-refractivity contribution in [3.05, 3.63) is 46.3 Å². The summed E-state index contributed by atoms with van der Waals surface area (Å²) in [6.07, 6.45) is 2.36. The Morgan fingerprint density at radius 1 is 1.29 bits per heavy atom. The summed E-state index contributed by atoms with van der Waals surface area (Å²) in [7, 11) is 0. The molecule has 88 valence electrons. The van der Waals surface area contributed by atoms with E-state index in [9.17, 15) is 9.59 Å². The van der Waals surface area contributed by atoms with Crippen LogP contribution in [0.2, 0.25) is 0 Å². The maximum atomic E-state index is 12.0. The Hall–Kier alpha value is -2.10. The van der Waals surface area contributed by atoms with E-state index >= 15 is 0 Å². The summed E-state index contributed by atoms with van der Waals surface area (Å²) in [6.45, 7) is 0. The summed E-state index contributed by atoms with van der Waals surface area (Å²) in [6, 6.07) is 7.02. The van der Waals surface area contributed by atoms with Crippen LogP contribution in [-0.4, -0.2) is 11.1 Å². The van der Waals surface area contributed by atoms with Crippen LogP contribution in [-0.2, 0) is 11.2 Å². The predicted octanol–water partition coefficient (Wildman–Crippen LogP) is 2.20. The van der Waals surface area contributed by atoms with Gasteiger partial charge in [0.2, 0.25) is 0 Å². The number of benzene rings is 1. The number of aliphatic carboxylic acids is 1. The second-order valence-corrected chi connectivity index (χ2v) is 3.83. The Morgan fingerprint density at radius 3 is 2.82 bits per heavy atom. The van der Waals surface area contributed by atoms with Gasteiger partial charge >= 0.3 is 5.97 Å². The van der Waals surface area contributed by atoms with Gasteiger partial charge in [-0.2, -0.15) is 0 Å². The second-order valence-electron chi connectivity index (χ2n) is 3.83. The molecule has 0 amide bonds. The van der Waals surface area contributed by atoms with E-state index in [-0.39, 0.29) is 11.8 Å². The van der Waals surface area contributed by atoms with E-state index in [0.717, 1.165) is 0 Å². The van der Waals surface area contributed by atoms with Crippen molar-refractivity contribution in [3.8, 4) is 0 Å². The Balaban J connectivity index is 2.27. The molecule has 1 N–H and O–H groups in total. The van der Waals surface area contributed by atoms with Crippen LogP contribution in [0.1, 0.15) is 18.4 Å². The zero-order valence-corrected chi connectivity index (χ0v) is 9.18. The van der Waals surface area contributed by atoms with E-state index in [4.69, 9.17) is 9.52 Å². The zero-order valence-electron chi connectivity index (χ0n) is 9.18. The minimum absolute atomic E-state index is 0.0618. The monoisotopic (exact) mass is 232 g/mol. The summed E-state index contributed by atoms with van der Waals surface area (Å²) in [5.74, 6) is -0.852. The van der Waals surface area contributed by atoms with Crippen LogP contribution < -0.4 is 5.43 Å². The third-order valence-corrected chi connectivity index (χ3v) is 2.59. The van der Waals surface area contributed by atoms with Crippen LogP contribution >= 0.6 is 0 Å². The molecule has 1 aromatic heterocycles. The lowest BCUT2D eigenvalue weighted by atomic mass is 10.1. The second kappa shape index (κ2) is 4.82. The van der Waals surface area contributed by atoms with Gasteiger partial charge in [-0.25, -0.2) is 0 Å². The lowest BCUT2D eigenvalue weighted by molar-refractivity contribution is -0.137. The van der Waals surface area contributed by atoms with Gasteiger partial charge in [0.25, 0.3) is 0 Å². The van der Waals surface area contributed by atoms with Gasteiger partial charge in [0.05, 0.1) is 11.6 Å². The molecule has 0 aliphatic carbocycles. The number of aryl methyl sites for hydroxylation is 1. The minimum atomic E-state index is -0.852. The molecule has 2 rings (SSSR count). The molecule has 0 saturated carbocycles. The fraction of sp³-hybridized carbons (Fsp3) is 0.231. The van der Waals surface area contributed by atoms with Crippen LogP contribution in [0.3, 0.4) is 0 Å². The SMILES string of the molecule is O=C(O)CCCc1coc2ccccc2c1=O. The molecule has 0 fully saturated rings. The van der Waals surface area contributed by atoms with E-state index < -0.39 is 5.97 Å². The highest BCUT2D eigenvalue weighted by Gasteiger charge is 2.06. The number of carboxylic acids is 1. The lowest BCUT2D eigenvalue weighted by Gasteiger charge is -2.01. The van der Waals surface area contributed by atoms with Crippen molar-refractivity contribution in [1.29, 1.82) is 0 Å². The van der Waals surface area contributed by atoms with Gasteiger partial charge in [-0.15, -0.1) is 0 Å². The molecule has 1 aromatic carbocycles. The largest absolute Gasteiger partial charge is 0.481 e. The van der Waals surface area contributed by atoms with Gasteiger partial charge in [-0.1, -0.05) is 12.1 Å². The molecule has 0 aliphatic rings. The fourth-order valence-electron chi connectivity index (χ4n) is 1.72. The molecular weight excluding hydrogens is 220 g/mol. The molecule has 0 bridgehead atoms. The Bertz CT molecular complexity index is 598. The zero-order chi connectivity index (χ0) is 12.3. The summed E-state index contributed by atoms with van der Waals surface area (Å²) in [5.41, 5.74) is 1.02. The number of hydrogen-bond acceptors (Lipinski definition) is 3. The van der Waals surface area contributed by atoms with Crippen LogP contribution in [0.4, 0.5) is 0 Å². The molecule has 0 saturated heterocycles. The van der Waals surface area contributed by atoms with Crippen molar-refractivity contribution in [1.82, 2.24) is 0 Å². The molecule has 2 aromatic rings. The van der Waals surface area contributed by atoms with E-state index in [2.05, 4.69) is 0 Å². The first-order valence-corrected chi connectivity index (χ1v) is 5.39. The van der Waals surface area contributed by atoms with Crippen molar-refractivity contribution < 1.29 is 14.3 Å². The minimum Gasteiger partial charge on any atom is -0.481 e. The Morgan fingerprint density at radius 2 is 2.06 bits per heavy atom. The number of rotatable bonds is 4. The molecule has 0 spiro atoms. The van der Waals surface area contributed by atoms with Crippen LogP contribution in [0.15, 0.2) is 39.7 Å². The fourth-order valence-corrected chi connectivity index (χ4v) is 1.72. The van der Waals surface area contributed by atoms with Crippen molar-refractivity contribution in [3.63, 3.8) is 0 Å². The molecule has 0 radical (unpaired) electrons. The summed E-state index contributed by atoms with van der Waals surface area (Å²) >= 11 is 0. The highest BCUT2D eigenvalue weighted by atomic mass is 16.4. The van der Waals surface area contributed by atoms with E-state index in [1.807, 2.05) is 0 Å².